The van der Waals surface area contributed by atoms with E-state index in [9.17, 15) is 14.9 Å². The number of anilines is 2. The maximum atomic E-state index is 13.4. The maximum absolute atomic E-state index is 13.4. The lowest BCUT2D eigenvalue weighted by atomic mass is 10.2. The van der Waals surface area contributed by atoms with Crippen molar-refractivity contribution in [2.75, 3.05) is 36.0 Å². The first kappa shape index (κ1) is 19.7. The molecule has 5 rings (SSSR count). The lowest BCUT2D eigenvalue weighted by Crippen LogP contribution is -2.48. The summed E-state index contributed by atoms with van der Waals surface area (Å²) in [6, 6.07) is 23.6. The molecule has 0 unspecified atom stereocenters. The third kappa shape index (κ3) is 3.56. The fraction of sp³-hybridized carbons (Fsp3) is 0.167. The summed E-state index contributed by atoms with van der Waals surface area (Å²) in [6.45, 7) is 2.79. The highest BCUT2D eigenvalue weighted by molar-refractivity contribution is 5.79. The van der Waals surface area contributed by atoms with Crippen LogP contribution >= 0.6 is 0 Å². The van der Waals surface area contributed by atoms with E-state index in [-0.39, 0.29) is 11.2 Å². The Bertz CT molecular complexity index is 1330. The summed E-state index contributed by atoms with van der Waals surface area (Å²) in [6.07, 6.45) is 0. The summed E-state index contributed by atoms with van der Waals surface area (Å²) in [5, 5.41) is 11.5. The fourth-order valence-electron chi connectivity index (χ4n) is 4.09. The maximum Gasteiger partial charge on any atom is 0.269 e. The van der Waals surface area contributed by atoms with Gasteiger partial charge < -0.3 is 9.80 Å². The van der Waals surface area contributed by atoms with Crippen LogP contribution in [0.15, 0.2) is 83.7 Å². The first-order valence-corrected chi connectivity index (χ1v) is 10.4. The Morgan fingerprint density at radius 1 is 0.750 bits per heavy atom. The summed E-state index contributed by atoms with van der Waals surface area (Å²) >= 11 is 0. The number of nitro groups is 1. The molecule has 0 bridgehead atoms. The summed E-state index contributed by atoms with van der Waals surface area (Å²) in [7, 11) is 0. The minimum Gasteiger partial charge on any atom is -0.368 e. The minimum atomic E-state index is -0.393. The van der Waals surface area contributed by atoms with E-state index in [1.165, 1.54) is 12.1 Å². The molecule has 1 saturated heterocycles. The van der Waals surface area contributed by atoms with Gasteiger partial charge in [-0.2, -0.15) is 0 Å². The predicted molar refractivity (Wildman–Crippen MR) is 125 cm³/mol. The number of piperazine rings is 1. The van der Waals surface area contributed by atoms with E-state index in [0.717, 1.165) is 24.5 Å². The van der Waals surface area contributed by atoms with Gasteiger partial charge in [0.25, 0.3) is 11.2 Å². The second-order valence-corrected chi connectivity index (χ2v) is 7.65. The molecule has 8 nitrogen and oxygen atoms in total. The summed E-state index contributed by atoms with van der Waals surface area (Å²) in [5.41, 5.74) is 2.40. The molecular formula is C24H21N5O3. The van der Waals surface area contributed by atoms with Gasteiger partial charge in [-0.25, -0.2) is 9.55 Å². The van der Waals surface area contributed by atoms with Crippen molar-refractivity contribution in [3.05, 3.63) is 99.3 Å². The van der Waals surface area contributed by atoms with Crippen molar-refractivity contribution in [3.8, 4) is 5.69 Å². The van der Waals surface area contributed by atoms with Gasteiger partial charge in [-0.15, -0.1) is 0 Å². The average molecular weight is 427 g/mol. The van der Waals surface area contributed by atoms with Gasteiger partial charge in [0.15, 0.2) is 0 Å². The monoisotopic (exact) mass is 427 g/mol. The molecule has 0 amide bonds. The predicted octanol–water partition coefficient (Wildman–Crippen LogP) is 3.62. The number of hydrogen-bond donors (Lipinski definition) is 0. The lowest BCUT2D eigenvalue weighted by molar-refractivity contribution is -0.384. The number of rotatable bonds is 4. The Morgan fingerprint density at radius 3 is 2.06 bits per heavy atom. The second-order valence-electron chi connectivity index (χ2n) is 7.65. The zero-order valence-corrected chi connectivity index (χ0v) is 17.3. The van der Waals surface area contributed by atoms with Crippen LogP contribution in [0.1, 0.15) is 0 Å². The molecule has 8 heteroatoms. The molecule has 4 aromatic rings. The van der Waals surface area contributed by atoms with Crippen LogP contribution in [0.4, 0.5) is 17.3 Å². The van der Waals surface area contributed by atoms with Crippen molar-refractivity contribution in [3.63, 3.8) is 0 Å². The molecule has 160 valence electrons. The first-order chi connectivity index (χ1) is 15.6. The molecule has 0 atom stereocenters. The molecule has 0 N–H and O–H groups in total. The fourth-order valence-corrected chi connectivity index (χ4v) is 4.09. The molecule has 32 heavy (non-hydrogen) atoms. The van der Waals surface area contributed by atoms with Crippen LogP contribution in [0.25, 0.3) is 16.6 Å². The Hall–Kier alpha value is -4.20. The van der Waals surface area contributed by atoms with E-state index in [4.69, 9.17) is 4.98 Å². The third-order valence-electron chi connectivity index (χ3n) is 5.76. The molecular weight excluding hydrogens is 406 g/mol. The van der Waals surface area contributed by atoms with Crippen LogP contribution in [-0.4, -0.2) is 40.7 Å². The summed E-state index contributed by atoms with van der Waals surface area (Å²) < 4.78 is 1.68. The van der Waals surface area contributed by atoms with Gasteiger partial charge in [-0.1, -0.05) is 30.3 Å². The van der Waals surface area contributed by atoms with E-state index in [2.05, 4.69) is 9.80 Å². The van der Waals surface area contributed by atoms with Gasteiger partial charge in [0.1, 0.15) is 0 Å². The van der Waals surface area contributed by atoms with Crippen LogP contribution in [0.3, 0.4) is 0 Å². The van der Waals surface area contributed by atoms with Gasteiger partial charge in [-0.3, -0.25) is 14.9 Å². The molecule has 0 saturated carbocycles. The van der Waals surface area contributed by atoms with E-state index in [1.54, 1.807) is 22.8 Å². The zero-order valence-electron chi connectivity index (χ0n) is 17.3. The Labute approximate surface area is 184 Å². The van der Waals surface area contributed by atoms with Crippen molar-refractivity contribution in [2.24, 2.45) is 0 Å². The van der Waals surface area contributed by atoms with Crippen molar-refractivity contribution in [1.82, 2.24) is 9.55 Å². The highest BCUT2D eigenvalue weighted by Gasteiger charge is 2.23. The Kier molecular flexibility index (Phi) is 5.03. The number of hydrogen-bond acceptors (Lipinski definition) is 6. The van der Waals surface area contributed by atoms with Crippen molar-refractivity contribution in [1.29, 1.82) is 0 Å². The molecule has 0 radical (unpaired) electrons. The number of fused-ring (bicyclic) bond motifs is 1. The normalized spacial score (nSPS) is 14.0. The molecule has 2 heterocycles. The van der Waals surface area contributed by atoms with Crippen LogP contribution in [0.2, 0.25) is 0 Å². The number of non-ortho nitro benzene ring substituents is 1. The van der Waals surface area contributed by atoms with E-state index >= 15 is 0 Å². The number of aromatic nitrogens is 2. The van der Waals surface area contributed by atoms with Gasteiger partial charge in [0.05, 0.1) is 21.5 Å². The minimum absolute atomic E-state index is 0.0830. The van der Waals surface area contributed by atoms with Crippen molar-refractivity contribution < 1.29 is 4.92 Å². The zero-order chi connectivity index (χ0) is 22.1. The molecule has 0 aliphatic carbocycles. The quantitative estimate of drug-likeness (QED) is 0.365. The SMILES string of the molecule is O=c1c2ccccc2nc(N2CCN(c3ccc([N+](=O)[O-])cc3)CC2)n1-c1ccccc1. The smallest absolute Gasteiger partial charge is 0.269 e. The molecule has 1 aliphatic rings. The average Bonchev–Trinajstić information content (AvgIpc) is 2.85. The largest absolute Gasteiger partial charge is 0.368 e. The Balaban J connectivity index is 1.48. The van der Waals surface area contributed by atoms with E-state index in [1.807, 2.05) is 48.5 Å². The third-order valence-corrected chi connectivity index (χ3v) is 5.76. The van der Waals surface area contributed by atoms with Gasteiger partial charge >= 0.3 is 0 Å². The van der Waals surface area contributed by atoms with Gasteiger partial charge in [-0.05, 0) is 36.4 Å². The molecule has 1 aromatic heterocycles. The van der Waals surface area contributed by atoms with Crippen LogP contribution in [0, 0.1) is 10.1 Å². The number of para-hydroxylation sites is 2. The van der Waals surface area contributed by atoms with E-state index < -0.39 is 4.92 Å². The first-order valence-electron chi connectivity index (χ1n) is 10.4. The number of nitrogens with zero attached hydrogens (tertiary/aromatic N) is 5. The van der Waals surface area contributed by atoms with Crippen LogP contribution < -0.4 is 15.4 Å². The highest BCUT2D eigenvalue weighted by Crippen LogP contribution is 2.24. The Morgan fingerprint density at radius 2 is 1.38 bits per heavy atom. The van der Waals surface area contributed by atoms with Crippen LogP contribution in [-0.2, 0) is 0 Å². The second kappa shape index (κ2) is 8.14. The van der Waals surface area contributed by atoms with Crippen LogP contribution in [0.5, 0.6) is 0 Å². The van der Waals surface area contributed by atoms with Crippen molar-refractivity contribution in [2.45, 2.75) is 0 Å². The lowest BCUT2D eigenvalue weighted by Gasteiger charge is -2.37. The molecule has 1 aliphatic heterocycles. The van der Waals surface area contributed by atoms with Gasteiger partial charge in [0.2, 0.25) is 5.95 Å². The molecule has 3 aromatic carbocycles. The summed E-state index contributed by atoms with van der Waals surface area (Å²) in [4.78, 5) is 33.1. The topological polar surface area (TPSA) is 84.5 Å². The summed E-state index contributed by atoms with van der Waals surface area (Å²) in [5.74, 6) is 0.628. The number of benzene rings is 3. The molecule has 1 fully saturated rings. The number of nitro benzene ring substituents is 1. The van der Waals surface area contributed by atoms with Crippen molar-refractivity contribution >= 4 is 28.2 Å². The van der Waals surface area contributed by atoms with E-state index in [0.29, 0.717) is 29.9 Å². The highest BCUT2D eigenvalue weighted by atomic mass is 16.6. The standard InChI is InChI=1S/C24H21N5O3/c30-23-21-8-4-5-9-22(21)25-24(28(23)19-6-2-1-3-7-19)27-16-14-26(15-17-27)18-10-12-20(13-11-18)29(31)32/h1-13H,14-17H2. The molecule has 0 spiro atoms. The van der Waals surface area contributed by atoms with Gasteiger partial charge in [0, 0.05) is 44.0 Å².